The first-order valence-electron chi connectivity index (χ1n) is 9.37. The summed E-state index contributed by atoms with van der Waals surface area (Å²) in [5.74, 6) is 0.872. The smallest absolute Gasteiger partial charge is 0.137 e. The highest BCUT2D eigenvalue weighted by atomic mass is 16.5. The molecule has 0 fully saturated rings. The number of rotatable bonds is 4. The molecule has 1 aromatic carbocycles. The molecule has 0 amide bonds. The van der Waals surface area contributed by atoms with Crippen molar-refractivity contribution in [2.45, 2.75) is 32.9 Å². The molecule has 4 aromatic rings. The van der Waals surface area contributed by atoms with Gasteiger partial charge in [-0.15, -0.1) is 0 Å². The van der Waals surface area contributed by atoms with Gasteiger partial charge >= 0.3 is 0 Å². The van der Waals surface area contributed by atoms with Gasteiger partial charge in [0.25, 0.3) is 0 Å². The molecule has 0 saturated heterocycles. The minimum atomic E-state index is -0.403. The monoisotopic (exact) mass is 380 g/mol. The van der Waals surface area contributed by atoms with E-state index in [2.05, 4.69) is 51.9 Å². The quantitative estimate of drug-likeness (QED) is 0.500. The molecule has 148 valence electrons. The highest BCUT2D eigenvalue weighted by molar-refractivity contribution is 5.98. The highest BCUT2D eigenvalue weighted by Crippen LogP contribution is 2.33. The number of H-pyrrole nitrogens is 1. The van der Waals surface area contributed by atoms with Crippen LogP contribution in [0, 0.1) is 0 Å². The van der Waals surface area contributed by atoms with Crippen LogP contribution >= 0.6 is 0 Å². The van der Waals surface area contributed by atoms with Crippen molar-refractivity contribution < 1.29 is 9.84 Å². The lowest BCUT2D eigenvalue weighted by atomic mass is 10.1. The van der Waals surface area contributed by atoms with Crippen molar-refractivity contribution in [1.82, 2.24) is 14.5 Å². The van der Waals surface area contributed by atoms with Gasteiger partial charge in [-0.05, 0) is 57.2 Å². The van der Waals surface area contributed by atoms with Gasteiger partial charge in [-0.1, -0.05) is 0 Å². The first kappa shape index (κ1) is 19.9. The van der Waals surface area contributed by atoms with E-state index in [0.717, 1.165) is 29.0 Å². The molecule has 0 unspecified atom stereocenters. The number of methoxy groups -OCH3 is 1. The van der Waals surface area contributed by atoms with E-state index in [1.807, 2.05) is 12.1 Å². The number of nitrogens with zero attached hydrogens (tertiary/aromatic N) is 2. The summed E-state index contributed by atoms with van der Waals surface area (Å²) in [7, 11) is 1.70. The van der Waals surface area contributed by atoms with Crippen molar-refractivity contribution in [1.29, 1.82) is 0 Å². The maximum absolute atomic E-state index is 8.28. The first-order chi connectivity index (χ1) is 13.4. The van der Waals surface area contributed by atoms with Gasteiger partial charge in [0, 0.05) is 52.0 Å². The maximum Gasteiger partial charge on any atom is 0.137 e. The molecule has 0 spiro atoms. The van der Waals surface area contributed by atoms with Crippen molar-refractivity contribution in [2.24, 2.45) is 5.73 Å². The third kappa shape index (κ3) is 4.18. The lowest BCUT2D eigenvalue weighted by molar-refractivity contribution is 0.221. The summed E-state index contributed by atoms with van der Waals surface area (Å²) >= 11 is 0. The minimum Gasteiger partial charge on any atom is -0.497 e. The lowest BCUT2D eigenvalue weighted by Gasteiger charge is -2.12. The predicted molar refractivity (Wildman–Crippen MR) is 115 cm³/mol. The van der Waals surface area contributed by atoms with Gasteiger partial charge in [-0.2, -0.15) is 0 Å². The van der Waals surface area contributed by atoms with Gasteiger partial charge in [0.1, 0.15) is 11.4 Å². The second kappa shape index (κ2) is 8.04. The van der Waals surface area contributed by atoms with Crippen LogP contribution in [-0.4, -0.2) is 38.9 Å². The van der Waals surface area contributed by atoms with Gasteiger partial charge in [0.15, 0.2) is 0 Å². The Morgan fingerprint density at radius 1 is 1.25 bits per heavy atom. The summed E-state index contributed by atoms with van der Waals surface area (Å²) in [5.41, 5.74) is 9.27. The standard InChI is InChI=1S/C18H17N3O.C4H11NO/c1-3-21-11-15(14-10-13(22-2)6-7-17(14)21)16-9-12-5-4-8-19-18(12)20-16;1-4(2,5)3-6/h4-11H,3H2,1-2H3,(H,19,20);6H,3,5H2,1-2H3. The summed E-state index contributed by atoms with van der Waals surface area (Å²) in [6.07, 6.45) is 4.00. The molecule has 3 heterocycles. The number of aromatic amines is 1. The van der Waals surface area contributed by atoms with E-state index >= 15 is 0 Å². The fourth-order valence-corrected chi connectivity index (χ4v) is 2.98. The number of aliphatic hydroxyl groups is 1. The highest BCUT2D eigenvalue weighted by Gasteiger charge is 2.13. The molecule has 0 atom stereocenters. The SMILES string of the molecule is CC(C)(N)CO.CCn1cc(-c2cc3cccnc3[nH]2)c2cc(OC)ccc21. The Morgan fingerprint density at radius 3 is 2.61 bits per heavy atom. The van der Waals surface area contributed by atoms with Gasteiger partial charge in [-0.3, -0.25) is 0 Å². The summed E-state index contributed by atoms with van der Waals surface area (Å²) in [6.45, 7) is 6.68. The molecule has 4 N–H and O–H groups in total. The summed E-state index contributed by atoms with van der Waals surface area (Å²) in [4.78, 5) is 7.79. The molecule has 3 aromatic heterocycles. The largest absolute Gasteiger partial charge is 0.497 e. The molecule has 0 aliphatic rings. The number of aliphatic hydroxyl groups excluding tert-OH is 1. The van der Waals surface area contributed by atoms with Crippen molar-refractivity contribution in [3.05, 3.63) is 48.8 Å². The second-order valence-electron chi connectivity index (χ2n) is 7.48. The fourth-order valence-electron chi connectivity index (χ4n) is 2.98. The van der Waals surface area contributed by atoms with Crippen LogP contribution < -0.4 is 10.5 Å². The Labute approximate surface area is 165 Å². The van der Waals surface area contributed by atoms with Gasteiger partial charge in [0.2, 0.25) is 0 Å². The van der Waals surface area contributed by atoms with E-state index in [9.17, 15) is 0 Å². The number of fused-ring (bicyclic) bond motifs is 2. The molecular formula is C22H28N4O2. The van der Waals surface area contributed by atoms with Gasteiger partial charge in [-0.25, -0.2) is 4.98 Å². The van der Waals surface area contributed by atoms with Crippen LogP contribution in [0.25, 0.3) is 33.2 Å². The molecule has 6 nitrogen and oxygen atoms in total. The Morgan fingerprint density at radius 2 is 2.00 bits per heavy atom. The Balaban J connectivity index is 0.000000330. The van der Waals surface area contributed by atoms with E-state index in [1.165, 1.54) is 16.5 Å². The molecular weight excluding hydrogens is 352 g/mol. The molecule has 0 aliphatic heterocycles. The number of nitrogens with one attached hydrogen (secondary N) is 1. The Hall–Kier alpha value is -2.83. The normalized spacial score (nSPS) is 11.5. The topological polar surface area (TPSA) is 89.1 Å². The second-order valence-corrected chi connectivity index (χ2v) is 7.48. The summed E-state index contributed by atoms with van der Waals surface area (Å²) in [6, 6.07) is 12.4. The number of hydrogen-bond donors (Lipinski definition) is 3. The Kier molecular flexibility index (Phi) is 5.72. The van der Waals surface area contributed by atoms with Crippen LogP contribution in [0.1, 0.15) is 20.8 Å². The number of aromatic nitrogens is 3. The average molecular weight is 380 g/mol. The van der Waals surface area contributed by atoms with E-state index in [1.54, 1.807) is 27.2 Å². The molecule has 0 bridgehead atoms. The van der Waals surface area contributed by atoms with E-state index in [-0.39, 0.29) is 6.61 Å². The van der Waals surface area contributed by atoms with Crippen LogP contribution in [0.3, 0.4) is 0 Å². The van der Waals surface area contributed by atoms with Crippen LogP contribution in [0.2, 0.25) is 0 Å². The summed E-state index contributed by atoms with van der Waals surface area (Å²) < 4.78 is 7.64. The molecule has 0 aliphatic carbocycles. The summed E-state index contributed by atoms with van der Waals surface area (Å²) in [5, 5.41) is 10.6. The van der Waals surface area contributed by atoms with E-state index in [4.69, 9.17) is 15.6 Å². The number of aryl methyl sites for hydroxylation is 1. The van der Waals surface area contributed by atoms with E-state index < -0.39 is 5.54 Å². The minimum absolute atomic E-state index is 0.0486. The molecule has 0 radical (unpaired) electrons. The van der Waals surface area contributed by atoms with Crippen LogP contribution in [-0.2, 0) is 6.54 Å². The van der Waals surface area contributed by atoms with Crippen molar-refractivity contribution >= 4 is 21.9 Å². The van der Waals surface area contributed by atoms with Gasteiger partial charge in [0.05, 0.1) is 13.7 Å². The fraction of sp³-hybridized carbons (Fsp3) is 0.318. The number of pyridine rings is 1. The third-order valence-electron chi connectivity index (χ3n) is 4.52. The number of hydrogen-bond acceptors (Lipinski definition) is 4. The maximum atomic E-state index is 8.28. The zero-order chi connectivity index (χ0) is 20.3. The predicted octanol–water partition coefficient (Wildman–Crippen LogP) is 3.93. The number of benzene rings is 1. The van der Waals surface area contributed by atoms with E-state index in [0.29, 0.717) is 0 Å². The molecule has 6 heteroatoms. The average Bonchev–Trinajstić information content (AvgIpc) is 3.28. The zero-order valence-corrected chi connectivity index (χ0v) is 16.9. The van der Waals surface area contributed by atoms with Crippen LogP contribution in [0.15, 0.2) is 48.8 Å². The number of ether oxygens (including phenoxy) is 1. The van der Waals surface area contributed by atoms with Crippen LogP contribution in [0.5, 0.6) is 5.75 Å². The Bertz CT molecular complexity index is 1040. The lowest BCUT2D eigenvalue weighted by Crippen LogP contribution is -2.35. The van der Waals surface area contributed by atoms with Crippen LogP contribution in [0.4, 0.5) is 0 Å². The van der Waals surface area contributed by atoms with Gasteiger partial charge < -0.3 is 25.1 Å². The van der Waals surface area contributed by atoms with Crippen molar-refractivity contribution in [2.75, 3.05) is 13.7 Å². The van der Waals surface area contributed by atoms with Crippen molar-refractivity contribution in [3.8, 4) is 17.0 Å². The molecule has 28 heavy (non-hydrogen) atoms. The number of nitrogens with two attached hydrogens (primary N) is 1. The van der Waals surface area contributed by atoms with Crippen molar-refractivity contribution in [3.63, 3.8) is 0 Å². The first-order valence-corrected chi connectivity index (χ1v) is 9.37. The zero-order valence-electron chi connectivity index (χ0n) is 16.9. The molecule has 0 saturated carbocycles. The third-order valence-corrected chi connectivity index (χ3v) is 4.52. The molecule has 4 rings (SSSR count).